The molecule has 0 saturated carbocycles. The van der Waals surface area contributed by atoms with Crippen LogP contribution >= 0.6 is 0 Å². The smallest absolute Gasteiger partial charge is 0.132 e. The van der Waals surface area contributed by atoms with Gasteiger partial charge in [0, 0.05) is 30.9 Å². The van der Waals surface area contributed by atoms with Crippen molar-refractivity contribution in [1.82, 2.24) is 10.3 Å². The molecule has 0 spiro atoms. The van der Waals surface area contributed by atoms with Crippen LogP contribution < -0.4 is 15.0 Å². The summed E-state index contributed by atoms with van der Waals surface area (Å²) in [4.78, 5) is 7.07. The number of aromatic nitrogens is 1. The number of hydrogen-bond acceptors (Lipinski definition) is 4. The lowest BCUT2D eigenvalue weighted by Gasteiger charge is -2.19. The molecule has 1 aromatic rings. The summed E-state index contributed by atoms with van der Waals surface area (Å²) < 4.78 is 5.35. The van der Waals surface area contributed by atoms with Gasteiger partial charge in [-0.25, -0.2) is 4.98 Å². The number of hydrogen-bond donors (Lipinski definition) is 1. The van der Waals surface area contributed by atoms with E-state index in [-0.39, 0.29) is 0 Å². The number of rotatable bonds is 5. The molecule has 114 valence electrons. The van der Waals surface area contributed by atoms with E-state index in [1.165, 1.54) is 6.42 Å². The number of aryl methyl sites for hydroxylation is 1. The first-order valence-electron chi connectivity index (χ1n) is 7.71. The van der Waals surface area contributed by atoms with Crippen LogP contribution in [0.3, 0.4) is 0 Å². The van der Waals surface area contributed by atoms with Crippen LogP contribution in [0.5, 0.6) is 5.75 Å². The van der Waals surface area contributed by atoms with Crippen LogP contribution in [0.1, 0.15) is 32.9 Å². The van der Waals surface area contributed by atoms with Crippen molar-refractivity contribution in [3.05, 3.63) is 17.8 Å². The highest BCUT2D eigenvalue weighted by atomic mass is 16.5. The molecular formula is C16H29N3O. The first kappa shape index (κ1) is 16.8. The van der Waals surface area contributed by atoms with Crippen molar-refractivity contribution in [2.45, 2.75) is 33.6 Å². The Kier molecular flexibility index (Phi) is 7.37. The van der Waals surface area contributed by atoms with Gasteiger partial charge < -0.3 is 15.0 Å². The van der Waals surface area contributed by atoms with Gasteiger partial charge in [0.15, 0.2) is 0 Å². The van der Waals surface area contributed by atoms with Crippen molar-refractivity contribution in [2.75, 3.05) is 38.7 Å². The van der Waals surface area contributed by atoms with Crippen molar-refractivity contribution in [1.29, 1.82) is 0 Å². The first-order valence-corrected chi connectivity index (χ1v) is 7.71. The maximum Gasteiger partial charge on any atom is 0.132 e. The van der Waals surface area contributed by atoms with E-state index in [0.717, 1.165) is 49.2 Å². The van der Waals surface area contributed by atoms with Gasteiger partial charge in [-0.05, 0) is 32.4 Å². The average Bonchev–Trinajstić information content (AvgIpc) is 2.98. The number of pyridine rings is 1. The summed E-state index contributed by atoms with van der Waals surface area (Å²) in [5, 5.41) is 3.25. The summed E-state index contributed by atoms with van der Waals surface area (Å²) in [6.45, 7) is 9.39. The van der Waals surface area contributed by atoms with Crippen molar-refractivity contribution >= 4 is 5.82 Å². The van der Waals surface area contributed by atoms with Crippen LogP contribution in [0.4, 0.5) is 5.82 Å². The van der Waals surface area contributed by atoms with Crippen molar-refractivity contribution < 1.29 is 4.74 Å². The van der Waals surface area contributed by atoms with E-state index in [1.54, 1.807) is 7.11 Å². The Morgan fingerprint density at radius 2 is 2.15 bits per heavy atom. The fourth-order valence-electron chi connectivity index (χ4n) is 2.50. The predicted molar refractivity (Wildman–Crippen MR) is 85.8 cm³/mol. The van der Waals surface area contributed by atoms with Gasteiger partial charge in [-0.1, -0.05) is 20.8 Å². The van der Waals surface area contributed by atoms with Gasteiger partial charge in [0.05, 0.1) is 7.11 Å². The standard InChI is InChI=1S/C14H23N3O.C2H6/c1-4-12-7-13(18-3)8-14(16-12)17-6-5-11(10-17)9-15-2;1-2/h7-8,11,15H,4-6,9-10H2,1-3H3;1-2H3. The maximum absolute atomic E-state index is 5.35. The largest absolute Gasteiger partial charge is 0.497 e. The van der Waals surface area contributed by atoms with Gasteiger partial charge in [0.1, 0.15) is 11.6 Å². The van der Waals surface area contributed by atoms with Crippen LogP contribution in [0.25, 0.3) is 0 Å². The van der Waals surface area contributed by atoms with E-state index < -0.39 is 0 Å². The van der Waals surface area contributed by atoms with Crippen molar-refractivity contribution in [3.8, 4) is 5.75 Å². The van der Waals surface area contributed by atoms with Crippen LogP contribution in [0, 0.1) is 5.92 Å². The zero-order chi connectivity index (χ0) is 15.0. The lowest BCUT2D eigenvalue weighted by atomic mass is 10.1. The molecule has 1 aliphatic heterocycles. The van der Waals surface area contributed by atoms with Crippen molar-refractivity contribution in [2.24, 2.45) is 5.92 Å². The summed E-state index contributed by atoms with van der Waals surface area (Å²) in [5.74, 6) is 2.70. The van der Waals surface area contributed by atoms with Gasteiger partial charge in [-0.3, -0.25) is 0 Å². The Bertz CT molecular complexity index is 373. The van der Waals surface area contributed by atoms with Crippen LogP contribution in [0.2, 0.25) is 0 Å². The SMILES string of the molecule is CC.CCc1cc(OC)cc(N2CCC(CNC)C2)n1. The minimum Gasteiger partial charge on any atom is -0.497 e. The molecular weight excluding hydrogens is 250 g/mol. The quantitative estimate of drug-likeness (QED) is 0.899. The van der Waals surface area contributed by atoms with E-state index in [1.807, 2.05) is 33.0 Å². The Hall–Kier alpha value is -1.29. The van der Waals surface area contributed by atoms with Gasteiger partial charge in [-0.2, -0.15) is 0 Å². The number of anilines is 1. The molecule has 2 rings (SSSR count). The Balaban J connectivity index is 0.000000956. The normalized spacial score (nSPS) is 17.6. The molecule has 2 heterocycles. The zero-order valence-corrected chi connectivity index (χ0v) is 13.6. The van der Waals surface area contributed by atoms with E-state index in [9.17, 15) is 0 Å². The molecule has 1 aromatic heterocycles. The zero-order valence-electron chi connectivity index (χ0n) is 13.6. The molecule has 0 bridgehead atoms. The van der Waals surface area contributed by atoms with E-state index in [4.69, 9.17) is 9.72 Å². The second kappa shape index (κ2) is 8.80. The molecule has 1 fully saturated rings. The minimum atomic E-state index is 0.730. The Morgan fingerprint density at radius 3 is 2.75 bits per heavy atom. The fourth-order valence-corrected chi connectivity index (χ4v) is 2.50. The molecule has 20 heavy (non-hydrogen) atoms. The summed E-state index contributed by atoms with van der Waals surface area (Å²) in [6, 6.07) is 4.06. The van der Waals surface area contributed by atoms with Gasteiger partial charge in [0.2, 0.25) is 0 Å². The third-order valence-corrected chi connectivity index (χ3v) is 3.54. The van der Waals surface area contributed by atoms with Crippen molar-refractivity contribution in [3.63, 3.8) is 0 Å². The van der Waals surface area contributed by atoms with Crippen LogP contribution in [0.15, 0.2) is 12.1 Å². The predicted octanol–water partition coefficient (Wildman–Crippen LogP) is 2.72. The van der Waals surface area contributed by atoms with Crippen LogP contribution in [-0.2, 0) is 6.42 Å². The number of methoxy groups -OCH3 is 1. The first-order chi connectivity index (χ1) is 9.76. The molecule has 0 aromatic carbocycles. The molecule has 1 atom stereocenters. The summed E-state index contributed by atoms with van der Waals surface area (Å²) in [6.07, 6.45) is 2.18. The van der Waals surface area contributed by atoms with Gasteiger partial charge >= 0.3 is 0 Å². The second-order valence-electron chi connectivity index (χ2n) is 4.87. The monoisotopic (exact) mass is 279 g/mol. The Morgan fingerprint density at radius 1 is 1.40 bits per heavy atom. The van der Waals surface area contributed by atoms with E-state index in [2.05, 4.69) is 17.1 Å². The summed E-state index contributed by atoms with van der Waals surface area (Å²) in [5.41, 5.74) is 1.10. The maximum atomic E-state index is 5.35. The third-order valence-electron chi connectivity index (χ3n) is 3.54. The van der Waals surface area contributed by atoms with E-state index >= 15 is 0 Å². The number of ether oxygens (including phenoxy) is 1. The highest BCUT2D eigenvalue weighted by Crippen LogP contribution is 2.26. The molecule has 4 nitrogen and oxygen atoms in total. The lowest BCUT2D eigenvalue weighted by molar-refractivity contribution is 0.413. The van der Waals surface area contributed by atoms with Crippen LogP contribution in [-0.4, -0.2) is 38.8 Å². The second-order valence-corrected chi connectivity index (χ2v) is 4.87. The summed E-state index contributed by atoms with van der Waals surface area (Å²) >= 11 is 0. The minimum absolute atomic E-state index is 0.730. The highest BCUT2D eigenvalue weighted by Gasteiger charge is 2.23. The molecule has 1 unspecified atom stereocenters. The Labute approximate surface area is 123 Å². The third kappa shape index (κ3) is 4.37. The molecule has 0 radical (unpaired) electrons. The molecule has 1 aliphatic rings. The lowest BCUT2D eigenvalue weighted by Crippen LogP contribution is -2.25. The average molecular weight is 279 g/mol. The molecule has 0 aliphatic carbocycles. The molecule has 1 saturated heterocycles. The highest BCUT2D eigenvalue weighted by molar-refractivity contribution is 5.46. The molecule has 1 N–H and O–H groups in total. The van der Waals surface area contributed by atoms with Gasteiger partial charge in [-0.15, -0.1) is 0 Å². The number of nitrogens with one attached hydrogen (secondary N) is 1. The number of nitrogens with zero attached hydrogens (tertiary/aromatic N) is 2. The summed E-state index contributed by atoms with van der Waals surface area (Å²) in [7, 11) is 3.73. The molecule has 0 amide bonds. The molecule has 4 heteroatoms. The topological polar surface area (TPSA) is 37.4 Å². The van der Waals surface area contributed by atoms with E-state index in [0.29, 0.717) is 0 Å². The van der Waals surface area contributed by atoms with Gasteiger partial charge in [0.25, 0.3) is 0 Å². The fraction of sp³-hybridized carbons (Fsp3) is 0.688.